The summed E-state index contributed by atoms with van der Waals surface area (Å²) in [5, 5.41) is 21.6. The highest BCUT2D eigenvalue weighted by atomic mass is 16.7. The van der Waals surface area contributed by atoms with Crippen LogP contribution in [0.15, 0.2) is 24.3 Å². The molecule has 1 unspecified atom stereocenters. The Hall–Kier alpha value is -2.02. The first-order valence-electron chi connectivity index (χ1n) is 8.71. The van der Waals surface area contributed by atoms with E-state index in [2.05, 4.69) is 11.4 Å². The second-order valence-electron chi connectivity index (χ2n) is 5.92. The molecule has 0 aromatic heterocycles. The number of nitriles is 1. The smallest absolute Gasteiger partial charge is 0.308 e. The standard InChI is InChI=1S/C19H28N2O6/c1-4-26-13-27-12-17(9-16(11-24-2)19(22)23)21-18(25-3)15-7-5-14(10-20)6-8-15/h5-8,16-18,21H,4,9,11-13H2,1-3H3,(H,22,23)/t16-,17+,18?/m0/s1. The zero-order chi connectivity index (χ0) is 20.1. The molecule has 0 amide bonds. The highest BCUT2D eigenvalue weighted by Gasteiger charge is 2.25. The van der Waals surface area contributed by atoms with Crippen molar-refractivity contribution in [3.8, 4) is 6.07 Å². The van der Waals surface area contributed by atoms with E-state index in [4.69, 9.17) is 24.2 Å². The zero-order valence-corrected chi connectivity index (χ0v) is 16.0. The Labute approximate surface area is 160 Å². The fourth-order valence-electron chi connectivity index (χ4n) is 2.55. The Morgan fingerprint density at radius 2 is 1.93 bits per heavy atom. The number of methoxy groups -OCH3 is 2. The highest BCUT2D eigenvalue weighted by molar-refractivity contribution is 5.70. The third-order valence-electron chi connectivity index (χ3n) is 3.94. The molecule has 0 aliphatic rings. The van der Waals surface area contributed by atoms with Gasteiger partial charge in [0, 0.05) is 26.9 Å². The number of carboxylic acids is 1. The summed E-state index contributed by atoms with van der Waals surface area (Å²) in [6.45, 7) is 2.89. The first-order chi connectivity index (χ1) is 13.0. The normalized spacial score (nSPS) is 14.3. The topological polar surface area (TPSA) is 110 Å². The molecule has 0 radical (unpaired) electrons. The molecule has 2 N–H and O–H groups in total. The summed E-state index contributed by atoms with van der Waals surface area (Å²) in [6.07, 6.45) is -0.179. The van der Waals surface area contributed by atoms with E-state index in [0.717, 1.165) is 5.56 Å². The van der Waals surface area contributed by atoms with E-state index in [1.165, 1.54) is 7.11 Å². The molecule has 0 spiro atoms. The fraction of sp³-hybridized carbons (Fsp3) is 0.579. The lowest BCUT2D eigenvalue weighted by molar-refractivity contribution is -0.144. The van der Waals surface area contributed by atoms with Crippen LogP contribution in [0.4, 0.5) is 0 Å². The lowest BCUT2D eigenvalue weighted by atomic mass is 10.0. The van der Waals surface area contributed by atoms with Crippen molar-refractivity contribution < 1.29 is 28.8 Å². The quantitative estimate of drug-likeness (QED) is 0.372. The predicted molar refractivity (Wildman–Crippen MR) is 97.9 cm³/mol. The maximum Gasteiger partial charge on any atom is 0.308 e. The molecule has 150 valence electrons. The minimum Gasteiger partial charge on any atom is -0.481 e. The number of ether oxygens (including phenoxy) is 4. The molecule has 0 saturated carbocycles. The third kappa shape index (κ3) is 8.47. The minimum atomic E-state index is -0.930. The summed E-state index contributed by atoms with van der Waals surface area (Å²) in [4.78, 5) is 11.5. The third-order valence-corrected chi connectivity index (χ3v) is 3.94. The van der Waals surface area contributed by atoms with Crippen LogP contribution in [0.3, 0.4) is 0 Å². The highest BCUT2D eigenvalue weighted by Crippen LogP contribution is 2.18. The van der Waals surface area contributed by atoms with E-state index >= 15 is 0 Å². The van der Waals surface area contributed by atoms with Gasteiger partial charge in [-0.2, -0.15) is 5.26 Å². The molecular weight excluding hydrogens is 352 g/mol. The van der Waals surface area contributed by atoms with Gasteiger partial charge in [0.1, 0.15) is 13.0 Å². The number of carbonyl (C=O) groups is 1. The van der Waals surface area contributed by atoms with Gasteiger partial charge in [-0.1, -0.05) is 12.1 Å². The number of rotatable bonds is 14. The van der Waals surface area contributed by atoms with Gasteiger partial charge in [-0.25, -0.2) is 0 Å². The van der Waals surface area contributed by atoms with Gasteiger partial charge in [-0.3, -0.25) is 10.1 Å². The van der Waals surface area contributed by atoms with Crippen LogP contribution in [0.25, 0.3) is 0 Å². The molecule has 3 atom stereocenters. The van der Waals surface area contributed by atoms with Crippen LogP contribution in [0, 0.1) is 17.2 Å². The number of benzene rings is 1. The molecule has 0 bridgehead atoms. The van der Waals surface area contributed by atoms with E-state index < -0.39 is 18.1 Å². The first-order valence-corrected chi connectivity index (χ1v) is 8.71. The molecule has 0 saturated heterocycles. The van der Waals surface area contributed by atoms with Gasteiger partial charge >= 0.3 is 5.97 Å². The predicted octanol–water partition coefficient (Wildman–Crippen LogP) is 1.91. The van der Waals surface area contributed by atoms with E-state index in [1.807, 2.05) is 6.92 Å². The summed E-state index contributed by atoms with van der Waals surface area (Å²) < 4.78 is 21.2. The van der Waals surface area contributed by atoms with Gasteiger partial charge in [0.05, 0.1) is 30.8 Å². The fourth-order valence-corrected chi connectivity index (χ4v) is 2.55. The summed E-state index contributed by atoms with van der Waals surface area (Å²) in [5.41, 5.74) is 1.38. The summed E-state index contributed by atoms with van der Waals surface area (Å²) in [6, 6.07) is 8.76. The van der Waals surface area contributed by atoms with E-state index in [1.54, 1.807) is 31.4 Å². The lowest BCUT2D eigenvalue weighted by Gasteiger charge is -2.27. The SMILES string of the molecule is CCOCOC[C@@H](C[C@@H](COC)C(=O)O)NC(OC)c1ccc(C#N)cc1. The molecular formula is C19H28N2O6. The first kappa shape index (κ1) is 23.0. The van der Waals surface area contributed by atoms with Gasteiger partial charge in [-0.05, 0) is 31.0 Å². The number of carboxylic acid groups (broad SMARTS) is 1. The Bertz CT molecular complexity index is 587. The van der Waals surface area contributed by atoms with E-state index in [-0.39, 0.29) is 26.0 Å². The van der Waals surface area contributed by atoms with Crippen LogP contribution in [-0.2, 0) is 23.7 Å². The molecule has 27 heavy (non-hydrogen) atoms. The zero-order valence-electron chi connectivity index (χ0n) is 16.0. The van der Waals surface area contributed by atoms with Gasteiger partial charge in [-0.15, -0.1) is 0 Å². The van der Waals surface area contributed by atoms with Gasteiger partial charge in [0.15, 0.2) is 0 Å². The van der Waals surface area contributed by atoms with Gasteiger partial charge in [0.25, 0.3) is 0 Å². The van der Waals surface area contributed by atoms with Crippen LogP contribution in [0.2, 0.25) is 0 Å². The molecule has 0 heterocycles. The molecule has 8 nitrogen and oxygen atoms in total. The van der Waals surface area contributed by atoms with Gasteiger partial charge < -0.3 is 24.1 Å². The summed E-state index contributed by atoms with van der Waals surface area (Å²) >= 11 is 0. The van der Waals surface area contributed by atoms with E-state index in [0.29, 0.717) is 18.6 Å². The lowest BCUT2D eigenvalue weighted by Crippen LogP contribution is -2.41. The van der Waals surface area contributed by atoms with Crippen molar-refractivity contribution in [1.29, 1.82) is 5.26 Å². The van der Waals surface area contributed by atoms with Crippen molar-refractivity contribution in [3.63, 3.8) is 0 Å². The van der Waals surface area contributed by atoms with Gasteiger partial charge in [0.2, 0.25) is 0 Å². The molecule has 0 fully saturated rings. The molecule has 0 aliphatic heterocycles. The van der Waals surface area contributed by atoms with Crippen molar-refractivity contribution in [1.82, 2.24) is 5.32 Å². The second-order valence-corrected chi connectivity index (χ2v) is 5.92. The number of nitrogens with zero attached hydrogens (tertiary/aromatic N) is 1. The average molecular weight is 380 g/mol. The van der Waals surface area contributed by atoms with Crippen LogP contribution >= 0.6 is 0 Å². The Morgan fingerprint density at radius 3 is 2.44 bits per heavy atom. The molecule has 0 aliphatic carbocycles. The van der Waals surface area contributed by atoms with Crippen molar-refractivity contribution in [2.45, 2.75) is 25.6 Å². The Balaban J connectivity index is 2.83. The minimum absolute atomic E-state index is 0.105. The van der Waals surface area contributed by atoms with Crippen LogP contribution in [-0.4, -0.2) is 58.0 Å². The van der Waals surface area contributed by atoms with Crippen LogP contribution < -0.4 is 5.32 Å². The summed E-state index contributed by atoms with van der Waals surface area (Å²) in [7, 11) is 3.02. The number of hydrogen-bond acceptors (Lipinski definition) is 7. The summed E-state index contributed by atoms with van der Waals surface area (Å²) in [5.74, 6) is -1.61. The van der Waals surface area contributed by atoms with Crippen molar-refractivity contribution >= 4 is 5.97 Å². The number of aliphatic carboxylic acids is 1. The number of nitrogens with one attached hydrogen (secondary N) is 1. The Morgan fingerprint density at radius 1 is 1.22 bits per heavy atom. The van der Waals surface area contributed by atoms with Crippen LogP contribution in [0.5, 0.6) is 0 Å². The van der Waals surface area contributed by atoms with E-state index in [9.17, 15) is 9.90 Å². The number of hydrogen-bond donors (Lipinski definition) is 2. The van der Waals surface area contributed by atoms with Crippen molar-refractivity contribution in [3.05, 3.63) is 35.4 Å². The molecule has 1 aromatic carbocycles. The molecule has 8 heteroatoms. The maximum atomic E-state index is 11.5. The monoisotopic (exact) mass is 380 g/mol. The molecule has 1 rings (SSSR count). The van der Waals surface area contributed by atoms with Crippen LogP contribution in [0.1, 0.15) is 30.7 Å². The largest absolute Gasteiger partial charge is 0.481 e. The second kappa shape index (κ2) is 13.2. The average Bonchev–Trinajstić information content (AvgIpc) is 2.68. The Kier molecular flexibility index (Phi) is 11.2. The molecule has 1 aromatic rings. The van der Waals surface area contributed by atoms with Crippen molar-refractivity contribution in [2.24, 2.45) is 5.92 Å². The van der Waals surface area contributed by atoms with Crippen molar-refractivity contribution in [2.75, 3.05) is 40.8 Å². The maximum absolute atomic E-state index is 11.5.